The number of urea groups is 1. The second kappa shape index (κ2) is 32.6. The number of carboxylic acids is 3. The lowest BCUT2D eigenvalue weighted by Gasteiger charge is -2.38. The summed E-state index contributed by atoms with van der Waals surface area (Å²) in [5, 5.41) is 39.1. The van der Waals surface area contributed by atoms with Gasteiger partial charge in [0.2, 0.25) is 23.6 Å². The Morgan fingerprint density at radius 1 is 0.628 bits per heavy atom. The maximum Gasteiger partial charge on any atom is 0.326 e. The van der Waals surface area contributed by atoms with Gasteiger partial charge >= 0.3 is 23.9 Å². The largest absolute Gasteiger partial charge is 0.481 e. The number of carbonyl (C=O) groups is 9. The number of hydrogen-bond acceptors (Lipinski definition) is 14. The lowest BCUT2D eigenvalue weighted by atomic mass is 10.0. The lowest BCUT2D eigenvalue weighted by molar-refractivity contribution is -0.141. The van der Waals surface area contributed by atoms with E-state index in [-0.39, 0.29) is 64.1 Å². The maximum atomic E-state index is 14.0. The van der Waals surface area contributed by atoms with E-state index >= 15 is 0 Å². The molecule has 25 nitrogen and oxygen atoms in total. The molecule has 3 aromatic rings. The number of nitrogens with two attached hydrogens (primary N) is 4. The van der Waals surface area contributed by atoms with E-state index in [2.05, 4.69) is 43.9 Å². The van der Waals surface area contributed by atoms with Gasteiger partial charge in [-0.25, -0.2) is 14.4 Å². The molecule has 4 rings (SSSR count). The van der Waals surface area contributed by atoms with Gasteiger partial charge in [0.15, 0.2) is 5.11 Å². The molecule has 424 valence electrons. The van der Waals surface area contributed by atoms with Gasteiger partial charge in [0.25, 0.3) is 5.91 Å². The van der Waals surface area contributed by atoms with Crippen molar-refractivity contribution < 1.29 is 58.5 Å². The number of unbranched alkanes of at least 4 members (excludes halogenated alkanes) is 1. The van der Waals surface area contributed by atoms with Crippen molar-refractivity contribution in [3.8, 4) is 0 Å². The van der Waals surface area contributed by atoms with Crippen LogP contribution in [-0.2, 0) is 53.1 Å². The number of benzene rings is 3. The summed E-state index contributed by atoms with van der Waals surface area (Å²) in [5.74, 6) is -6.49. The van der Waals surface area contributed by atoms with E-state index in [9.17, 15) is 53.4 Å². The second-order valence-corrected chi connectivity index (χ2v) is 20.5. The minimum Gasteiger partial charge on any atom is -0.481 e. The molecule has 0 spiro atoms. The predicted molar refractivity (Wildman–Crippen MR) is 300 cm³/mol. The van der Waals surface area contributed by atoms with E-state index in [0.717, 1.165) is 20.3 Å². The summed E-state index contributed by atoms with van der Waals surface area (Å²) in [6, 6.07) is 17.9. The first-order chi connectivity index (χ1) is 37.0. The fourth-order valence-electron chi connectivity index (χ4n) is 8.63. The zero-order chi connectivity index (χ0) is 57.3. The van der Waals surface area contributed by atoms with Crippen LogP contribution in [0.1, 0.15) is 59.2 Å². The molecule has 0 aliphatic carbocycles. The van der Waals surface area contributed by atoms with Gasteiger partial charge in [-0.05, 0) is 120 Å². The average molecular weight is 1220 g/mol. The Kier molecular flexibility index (Phi) is 26.6. The molecule has 1 heterocycles. The number of carbonyl (C=O) groups excluding carboxylic acids is 6. The lowest BCUT2D eigenvalue weighted by Crippen LogP contribution is -2.54. The second-order valence-electron chi connectivity index (χ2n) is 18.9. The summed E-state index contributed by atoms with van der Waals surface area (Å²) in [6.45, 7) is 3.08. The van der Waals surface area contributed by atoms with Crippen molar-refractivity contribution >= 4 is 99.1 Å². The van der Waals surface area contributed by atoms with Gasteiger partial charge in [0.1, 0.15) is 12.1 Å². The van der Waals surface area contributed by atoms with Crippen molar-refractivity contribution in [2.45, 2.75) is 69.7 Å². The minimum absolute atomic E-state index is 0.0289. The fraction of sp³-hybridized carbons (Fsp3) is 0.451. The van der Waals surface area contributed by atoms with Crippen LogP contribution in [-0.4, -0.2) is 195 Å². The Labute approximate surface area is 470 Å². The number of nitrogens with one attached hydrogen (secondary N) is 4. The summed E-state index contributed by atoms with van der Waals surface area (Å²) in [5.41, 5.74) is 26.2. The van der Waals surface area contributed by atoms with Crippen molar-refractivity contribution in [1.29, 1.82) is 0 Å². The standard InChI is InChI=1S/C51H70IN13O12S/c52-37-12-6-35(7-13-37)27-65(18-2-1-3-40(48(73)74)59-50(77)60-41(49(75)76)16-17-46(70)71)47(72)36-10-4-34(5-11-36)26-57-51(78)58-38-14-8-33(9-15-38)25-39-28-63(31-44(55)68)22-21-61(29-42(53)66)19-20-62(30-43(54)67)23-24-64(39)32-45(56)69/h4-15,39-41H,1-3,16-32H2,(H2,53,66)(H2,54,67)(H2,55,68)(H2,56,69)(H,70,71)(H,73,74)(H,75,76)(H2,57,58,78)(H2,59,60,77)/t39?,40-,41-/m0/s1. The number of nitrogens with zero attached hydrogens (tertiary/aromatic N) is 5. The molecule has 1 aliphatic rings. The van der Waals surface area contributed by atoms with E-state index in [0.29, 0.717) is 81.6 Å². The number of halogens is 1. The molecule has 27 heteroatoms. The molecule has 15 N–H and O–H groups in total. The molecule has 3 aromatic carbocycles. The van der Waals surface area contributed by atoms with Crippen LogP contribution in [0.4, 0.5) is 10.5 Å². The predicted octanol–water partition coefficient (Wildman–Crippen LogP) is -0.265. The Morgan fingerprint density at radius 3 is 1.67 bits per heavy atom. The Balaban J connectivity index is 1.38. The third kappa shape index (κ3) is 24.1. The van der Waals surface area contributed by atoms with Crippen LogP contribution < -0.4 is 44.2 Å². The van der Waals surface area contributed by atoms with Crippen molar-refractivity contribution in [3.63, 3.8) is 0 Å². The third-order valence-corrected chi connectivity index (χ3v) is 13.6. The van der Waals surface area contributed by atoms with Crippen molar-refractivity contribution in [1.82, 2.24) is 40.4 Å². The Morgan fingerprint density at radius 2 is 1.13 bits per heavy atom. The maximum absolute atomic E-state index is 14.0. The molecule has 7 amide bonds. The summed E-state index contributed by atoms with van der Waals surface area (Å²) in [7, 11) is 0. The third-order valence-electron chi connectivity index (χ3n) is 12.6. The first-order valence-electron chi connectivity index (χ1n) is 25.1. The van der Waals surface area contributed by atoms with Crippen LogP contribution >= 0.6 is 34.8 Å². The number of thiocarbonyl (C=S) groups is 1. The molecule has 78 heavy (non-hydrogen) atoms. The summed E-state index contributed by atoms with van der Waals surface area (Å²) >= 11 is 7.81. The number of aliphatic carboxylic acids is 3. The van der Waals surface area contributed by atoms with Crippen molar-refractivity contribution in [3.05, 3.63) is 98.6 Å². The summed E-state index contributed by atoms with van der Waals surface area (Å²) in [6.07, 6.45) is 0.123. The molecular weight excluding hydrogens is 1150 g/mol. The van der Waals surface area contributed by atoms with Crippen LogP contribution in [0.2, 0.25) is 0 Å². The number of amides is 7. The molecule has 0 bridgehead atoms. The molecule has 0 radical (unpaired) electrons. The minimum atomic E-state index is -1.54. The molecule has 3 atom stereocenters. The number of carboxylic acid groups (broad SMARTS) is 3. The molecule has 1 fully saturated rings. The highest BCUT2D eigenvalue weighted by molar-refractivity contribution is 14.1. The number of hydrogen-bond donors (Lipinski definition) is 11. The molecule has 0 aromatic heterocycles. The SMILES string of the molecule is NC(=O)CN1CCN(CC(N)=O)CCN(CC(N)=O)C(Cc2ccc(NC(=S)NCc3ccc(C(=O)N(CCCC[C@H](NC(=O)N[C@@H](CCC(=O)O)C(=O)O)C(=O)O)Cc4ccc(I)cc4)cc3)cc2)CN(CC(N)=O)CC1. The first kappa shape index (κ1) is 63.5. The van der Waals surface area contributed by atoms with Crippen LogP contribution in [0.5, 0.6) is 0 Å². The average Bonchev–Trinajstić information content (AvgIpc) is 3.37. The van der Waals surface area contributed by atoms with E-state index in [1.54, 1.807) is 29.2 Å². The smallest absolute Gasteiger partial charge is 0.326 e. The Bertz CT molecular complexity index is 2550. The van der Waals surface area contributed by atoms with Crippen molar-refractivity contribution in [2.24, 2.45) is 22.9 Å². The Hall–Kier alpha value is -7.05. The summed E-state index contributed by atoms with van der Waals surface area (Å²) in [4.78, 5) is 119. The monoisotopic (exact) mass is 1220 g/mol. The normalized spacial score (nSPS) is 15.7. The van der Waals surface area contributed by atoms with Crippen molar-refractivity contribution in [2.75, 3.05) is 83.9 Å². The van der Waals surface area contributed by atoms with Crippen LogP contribution in [0, 0.1) is 3.57 Å². The van der Waals surface area contributed by atoms with Gasteiger partial charge in [-0.3, -0.25) is 48.4 Å². The highest BCUT2D eigenvalue weighted by Crippen LogP contribution is 2.18. The van der Waals surface area contributed by atoms with Gasteiger partial charge in [0, 0.05) is 92.7 Å². The fourth-order valence-corrected chi connectivity index (χ4v) is 9.18. The van der Waals surface area contributed by atoms with Gasteiger partial charge in [-0.2, -0.15) is 0 Å². The van der Waals surface area contributed by atoms with Crippen LogP contribution in [0.25, 0.3) is 0 Å². The van der Waals surface area contributed by atoms with Crippen LogP contribution in [0.15, 0.2) is 72.8 Å². The zero-order valence-electron chi connectivity index (χ0n) is 43.1. The van der Waals surface area contributed by atoms with Gasteiger partial charge in [0.05, 0.1) is 26.2 Å². The van der Waals surface area contributed by atoms with E-state index in [1.165, 1.54) is 0 Å². The number of anilines is 1. The van der Waals surface area contributed by atoms with E-state index < -0.39 is 72.5 Å². The highest BCUT2D eigenvalue weighted by Gasteiger charge is 2.28. The van der Waals surface area contributed by atoms with Crippen LogP contribution in [0.3, 0.4) is 0 Å². The molecular formula is C51H70IN13O12S. The molecule has 1 saturated heterocycles. The van der Waals surface area contributed by atoms with E-state index in [1.807, 2.05) is 68.1 Å². The molecule has 1 unspecified atom stereocenters. The topological polar surface area (TPSA) is 383 Å². The van der Waals surface area contributed by atoms with Gasteiger partial charge in [-0.1, -0.05) is 36.4 Å². The van der Waals surface area contributed by atoms with Gasteiger partial charge < -0.3 is 64.4 Å². The van der Waals surface area contributed by atoms with Gasteiger partial charge in [-0.15, -0.1) is 0 Å². The highest BCUT2D eigenvalue weighted by atomic mass is 127. The quantitative estimate of drug-likeness (QED) is 0.0253. The number of primary amides is 4. The zero-order valence-corrected chi connectivity index (χ0v) is 46.1. The van der Waals surface area contributed by atoms with E-state index in [4.69, 9.17) is 40.3 Å². The molecule has 1 aliphatic heterocycles. The molecule has 0 saturated carbocycles. The number of rotatable bonds is 28. The first-order valence-corrected chi connectivity index (χ1v) is 26.6. The summed E-state index contributed by atoms with van der Waals surface area (Å²) < 4.78 is 1.01.